The van der Waals surface area contributed by atoms with Crippen LogP contribution in [0.4, 0.5) is 8.78 Å². The first-order valence-electron chi connectivity index (χ1n) is 4.11. The molecule has 0 saturated heterocycles. The zero-order valence-electron chi connectivity index (χ0n) is 7.06. The van der Waals surface area contributed by atoms with E-state index < -0.39 is 6.43 Å². The molecule has 0 aliphatic carbocycles. The molecule has 1 aromatic rings. The summed E-state index contributed by atoms with van der Waals surface area (Å²) in [5.74, 6) is 0. The molecule has 0 radical (unpaired) electrons. The van der Waals surface area contributed by atoms with Gasteiger partial charge in [0, 0.05) is 5.56 Å². The fourth-order valence-electron chi connectivity index (χ4n) is 1.12. The van der Waals surface area contributed by atoms with E-state index in [1.807, 2.05) is 0 Å². The number of aryl methyl sites for hydroxylation is 1. The van der Waals surface area contributed by atoms with Gasteiger partial charge in [0.05, 0.1) is 0 Å². The molecule has 0 bridgehead atoms. The van der Waals surface area contributed by atoms with Crippen molar-refractivity contribution < 1.29 is 8.78 Å². The van der Waals surface area contributed by atoms with Crippen molar-refractivity contribution in [2.45, 2.75) is 26.2 Å². The van der Waals surface area contributed by atoms with Crippen molar-refractivity contribution in [3.63, 3.8) is 0 Å². The highest BCUT2D eigenvalue weighted by Gasteiger charge is 2.04. The summed E-state index contributed by atoms with van der Waals surface area (Å²) in [6.45, 7) is 2.07. The molecule has 0 saturated carbocycles. The van der Waals surface area contributed by atoms with E-state index in [9.17, 15) is 8.78 Å². The molecule has 12 heavy (non-hydrogen) atoms. The molecule has 0 nitrogen and oxygen atoms in total. The third-order valence-electron chi connectivity index (χ3n) is 1.77. The number of benzene rings is 1. The van der Waals surface area contributed by atoms with Crippen LogP contribution >= 0.6 is 0 Å². The van der Waals surface area contributed by atoms with E-state index in [4.69, 9.17) is 0 Å². The Morgan fingerprint density at radius 2 is 1.75 bits per heavy atom. The second-order valence-electron chi connectivity index (χ2n) is 2.79. The average molecular weight is 170 g/mol. The first-order valence-corrected chi connectivity index (χ1v) is 4.11. The smallest absolute Gasteiger partial charge is 0.205 e. The third kappa shape index (κ3) is 2.29. The molecule has 0 amide bonds. The zero-order chi connectivity index (χ0) is 8.97. The van der Waals surface area contributed by atoms with Crippen molar-refractivity contribution >= 4 is 0 Å². The SMILES string of the molecule is CCCc1ccc(C(F)F)cc1. The van der Waals surface area contributed by atoms with Gasteiger partial charge in [0.1, 0.15) is 0 Å². The highest BCUT2D eigenvalue weighted by molar-refractivity contribution is 5.23. The van der Waals surface area contributed by atoms with Gasteiger partial charge in [0.25, 0.3) is 6.43 Å². The van der Waals surface area contributed by atoms with Crippen LogP contribution in [-0.4, -0.2) is 0 Å². The van der Waals surface area contributed by atoms with Crippen LogP contribution < -0.4 is 0 Å². The number of hydrogen-bond donors (Lipinski definition) is 0. The molecule has 2 heteroatoms. The minimum Gasteiger partial charge on any atom is -0.205 e. The Bertz CT molecular complexity index is 226. The number of alkyl halides is 2. The van der Waals surface area contributed by atoms with Crippen molar-refractivity contribution in [1.82, 2.24) is 0 Å². The maximum absolute atomic E-state index is 12.1. The molecule has 0 aliphatic heterocycles. The predicted octanol–water partition coefficient (Wildman–Crippen LogP) is 3.58. The molecule has 0 atom stereocenters. The molecular weight excluding hydrogens is 158 g/mol. The van der Waals surface area contributed by atoms with E-state index >= 15 is 0 Å². The van der Waals surface area contributed by atoms with Crippen LogP contribution in [0.5, 0.6) is 0 Å². The first-order chi connectivity index (χ1) is 5.74. The van der Waals surface area contributed by atoms with Crippen molar-refractivity contribution in [2.24, 2.45) is 0 Å². The number of rotatable bonds is 3. The van der Waals surface area contributed by atoms with Crippen molar-refractivity contribution in [1.29, 1.82) is 0 Å². The van der Waals surface area contributed by atoms with E-state index in [1.165, 1.54) is 12.1 Å². The lowest BCUT2D eigenvalue weighted by atomic mass is 10.1. The minimum absolute atomic E-state index is 0.106. The Morgan fingerprint density at radius 1 is 1.17 bits per heavy atom. The summed E-state index contributed by atoms with van der Waals surface area (Å²) < 4.78 is 24.2. The van der Waals surface area contributed by atoms with Gasteiger partial charge in [-0.25, -0.2) is 8.78 Å². The van der Waals surface area contributed by atoms with E-state index in [-0.39, 0.29) is 5.56 Å². The van der Waals surface area contributed by atoms with Crippen molar-refractivity contribution in [3.8, 4) is 0 Å². The van der Waals surface area contributed by atoms with Crippen molar-refractivity contribution in [3.05, 3.63) is 35.4 Å². The van der Waals surface area contributed by atoms with Crippen LogP contribution in [0.2, 0.25) is 0 Å². The second-order valence-corrected chi connectivity index (χ2v) is 2.79. The topological polar surface area (TPSA) is 0 Å². The Hall–Kier alpha value is -0.920. The fourth-order valence-corrected chi connectivity index (χ4v) is 1.12. The standard InChI is InChI=1S/C10H12F2/c1-2-3-8-4-6-9(7-5-8)10(11)12/h4-7,10H,2-3H2,1H3. The van der Waals surface area contributed by atoms with Crippen LogP contribution in [0.1, 0.15) is 30.9 Å². The van der Waals surface area contributed by atoms with Gasteiger partial charge in [-0.15, -0.1) is 0 Å². The zero-order valence-corrected chi connectivity index (χ0v) is 7.06. The molecule has 1 aromatic carbocycles. The summed E-state index contributed by atoms with van der Waals surface area (Å²) in [5, 5.41) is 0. The molecule has 0 spiro atoms. The predicted molar refractivity (Wildman–Crippen MR) is 45.4 cm³/mol. The van der Waals surface area contributed by atoms with Gasteiger partial charge in [-0.05, 0) is 12.0 Å². The molecule has 0 aliphatic rings. The second kappa shape index (κ2) is 4.19. The first kappa shape index (κ1) is 9.17. The normalized spacial score (nSPS) is 10.7. The molecule has 0 unspecified atom stereocenters. The third-order valence-corrected chi connectivity index (χ3v) is 1.77. The van der Waals surface area contributed by atoms with E-state index in [2.05, 4.69) is 6.92 Å². The van der Waals surface area contributed by atoms with Gasteiger partial charge < -0.3 is 0 Å². The van der Waals surface area contributed by atoms with Crippen LogP contribution in [0.15, 0.2) is 24.3 Å². The molecule has 1 rings (SSSR count). The summed E-state index contributed by atoms with van der Waals surface area (Å²) in [7, 11) is 0. The van der Waals surface area contributed by atoms with Gasteiger partial charge in [0.15, 0.2) is 0 Å². The minimum atomic E-state index is -2.35. The lowest BCUT2D eigenvalue weighted by Gasteiger charge is -2.01. The Labute approximate surface area is 71.2 Å². The molecule has 0 N–H and O–H groups in total. The quantitative estimate of drug-likeness (QED) is 0.650. The van der Waals surface area contributed by atoms with Gasteiger partial charge in [-0.1, -0.05) is 37.6 Å². The molecule has 0 fully saturated rings. The Balaban J connectivity index is 2.71. The highest BCUT2D eigenvalue weighted by Crippen LogP contribution is 2.18. The Morgan fingerprint density at radius 3 is 2.17 bits per heavy atom. The average Bonchev–Trinajstić information content (AvgIpc) is 2.06. The largest absolute Gasteiger partial charge is 0.263 e. The Kier molecular flexibility index (Phi) is 3.20. The van der Waals surface area contributed by atoms with Gasteiger partial charge >= 0.3 is 0 Å². The highest BCUT2D eigenvalue weighted by atomic mass is 19.3. The van der Waals surface area contributed by atoms with E-state index in [1.54, 1.807) is 12.1 Å². The monoisotopic (exact) mass is 170 g/mol. The summed E-state index contributed by atoms with van der Waals surface area (Å²) in [4.78, 5) is 0. The van der Waals surface area contributed by atoms with Crippen molar-refractivity contribution in [2.75, 3.05) is 0 Å². The van der Waals surface area contributed by atoms with Gasteiger partial charge in [0.2, 0.25) is 0 Å². The summed E-state index contributed by atoms with van der Waals surface area (Å²) >= 11 is 0. The number of halogens is 2. The van der Waals surface area contributed by atoms with Gasteiger partial charge in [-0.2, -0.15) is 0 Å². The number of hydrogen-bond acceptors (Lipinski definition) is 0. The van der Waals surface area contributed by atoms with Crippen LogP contribution in [-0.2, 0) is 6.42 Å². The lowest BCUT2D eigenvalue weighted by Crippen LogP contribution is -1.86. The lowest BCUT2D eigenvalue weighted by molar-refractivity contribution is 0.151. The summed E-state index contributed by atoms with van der Waals surface area (Å²) in [5.41, 5.74) is 1.23. The van der Waals surface area contributed by atoms with Crippen LogP contribution in [0.25, 0.3) is 0 Å². The summed E-state index contributed by atoms with van der Waals surface area (Å²) in [6.07, 6.45) is -0.335. The fraction of sp³-hybridized carbons (Fsp3) is 0.400. The molecule has 66 valence electrons. The maximum atomic E-state index is 12.1. The molecular formula is C10H12F2. The van der Waals surface area contributed by atoms with Gasteiger partial charge in [-0.3, -0.25) is 0 Å². The van der Waals surface area contributed by atoms with E-state index in [0.29, 0.717) is 0 Å². The van der Waals surface area contributed by atoms with Crippen LogP contribution in [0.3, 0.4) is 0 Å². The molecule has 0 heterocycles. The maximum Gasteiger partial charge on any atom is 0.263 e. The van der Waals surface area contributed by atoms with E-state index in [0.717, 1.165) is 18.4 Å². The van der Waals surface area contributed by atoms with Crippen LogP contribution in [0, 0.1) is 0 Å². The molecule has 0 aromatic heterocycles. The summed E-state index contributed by atoms with van der Waals surface area (Å²) in [6, 6.07) is 6.53.